The maximum absolute atomic E-state index is 12.5. The zero-order valence-corrected chi connectivity index (χ0v) is 12.7. The largest absolute Gasteiger partial charge is 0.341 e. The van der Waals surface area contributed by atoms with Crippen molar-refractivity contribution in [1.82, 2.24) is 9.80 Å². The number of carbonyl (C=O) groups is 1. The first kappa shape index (κ1) is 14.8. The van der Waals surface area contributed by atoms with E-state index in [0.29, 0.717) is 18.4 Å². The molecule has 0 radical (unpaired) electrons. The quantitative estimate of drug-likeness (QED) is 0.842. The minimum atomic E-state index is -0.227. The lowest BCUT2D eigenvalue weighted by Crippen LogP contribution is -2.47. The molecule has 0 spiro atoms. The van der Waals surface area contributed by atoms with Gasteiger partial charge in [-0.05, 0) is 32.9 Å². The molecule has 2 aliphatic rings. The van der Waals surface area contributed by atoms with Crippen molar-refractivity contribution < 1.29 is 4.79 Å². The van der Waals surface area contributed by atoms with Gasteiger partial charge in [-0.3, -0.25) is 4.79 Å². The average molecular weight is 267 g/mol. The fourth-order valence-electron chi connectivity index (χ4n) is 3.67. The van der Waals surface area contributed by atoms with Crippen molar-refractivity contribution in [3.8, 4) is 0 Å². The Labute approximate surface area is 117 Å². The summed E-state index contributed by atoms with van der Waals surface area (Å²) >= 11 is 0. The molecule has 0 bridgehead atoms. The van der Waals surface area contributed by atoms with Gasteiger partial charge in [-0.25, -0.2) is 0 Å². The Morgan fingerprint density at radius 1 is 1.26 bits per heavy atom. The van der Waals surface area contributed by atoms with Crippen LogP contribution in [0, 0.1) is 5.92 Å². The number of likely N-dealkylation sites (tertiary alicyclic amines) is 1. The SMILES string of the molecule is CC1CN(C(=O)CC2(N)CCCCC2)CC1N(C)C. The lowest BCUT2D eigenvalue weighted by atomic mass is 9.80. The smallest absolute Gasteiger partial charge is 0.224 e. The fourth-order valence-corrected chi connectivity index (χ4v) is 3.67. The van der Waals surface area contributed by atoms with E-state index in [2.05, 4.69) is 25.9 Å². The van der Waals surface area contributed by atoms with Gasteiger partial charge >= 0.3 is 0 Å². The van der Waals surface area contributed by atoms with Crippen molar-refractivity contribution in [2.24, 2.45) is 11.7 Å². The van der Waals surface area contributed by atoms with Crippen LogP contribution in [0.25, 0.3) is 0 Å². The molecule has 1 heterocycles. The lowest BCUT2D eigenvalue weighted by molar-refractivity contribution is -0.132. The summed E-state index contributed by atoms with van der Waals surface area (Å²) in [6.07, 6.45) is 6.20. The van der Waals surface area contributed by atoms with Gasteiger partial charge in [0.2, 0.25) is 5.91 Å². The Balaban J connectivity index is 1.90. The minimum absolute atomic E-state index is 0.227. The normalized spacial score (nSPS) is 30.9. The van der Waals surface area contributed by atoms with Crippen LogP contribution in [0.15, 0.2) is 0 Å². The number of hydrogen-bond donors (Lipinski definition) is 1. The molecule has 4 nitrogen and oxygen atoms in total. The molecular formula is C15H29N3O. The van der Waals surface area contributed by atoms with Crippen LogP contribution in [0.1, 0.15) is 45.4 Å². The second kappa shape index (κ2) is 5.80. The summed E-state index contributed by atoms with van der Waals surface area (Å²) in [4.78, 5) is 16.7. The van der Waals surface area contributed by atoms with Gasteiger partial charge in [-0.1, -0.05) is 26.2 Å². The van der Waals surface area contributed by atoms with Gasteiger partial charge in [-0.2, -0.15) is 0 Å². The molecule has 4 heteroatoms. The van der Waals surface area contributed by atoms with E-state index in [1.807, 2.05) is 4.90 Å². The molecule has 2 fully saturated rings. The summed E-state index contributed by atoms with van der Waals surface area (Å²) in [6, 6.07) is 0.490. The molecule has 0 aromatic carbocycles. The second-order valence-electron chi connectivity index (χ2n) is 6.91. The van der Waals surface area contributed by atoms with E-state index in [1.54, 1.807) is 0 Å². The Morgan fingerprint density at radius 3 is 2.42 bits per heavy atom. The summed E-state index contributed by atoms with van der Waals surface area (Å²) in [5, 5.41) is 0. The van der Waals surface area contributed by atoms with Crippen molar-refractivity contribution in [2.75, 3.05) is 27.2 Å². The molecule has 1 aliphatic carbocycles. The summed E-state index contributed by atoms with van der Waals surface area (Å²) in [5.41, 5.74) is 6.17. The van der Waals surface area contributed by atoms with Crippen LogP contribution in [-0.2, 0) is 4.79 Å². The molecule has 1 saturated heterocycles. The van der Waals surface area contributed by atoms with E-state index in [1.165, 1.54) is 19.3 Å². The number of rotatable bonds is 3. The van der Waals surface area contributed by atoms with Crippen LogP contribution in [0.4, 0.5) is 0 Å². The van der Waals surface area contributed by atoms with Gasteiger partial charge in [-0.15, -0.1) is 0 Å². The van der Waals surface area contributed by atoms with Crippen molar-refractivity contribution >= 4 is 5.91 Å². The predicted octanol–water partition coefficient (Wildman–Crippen LogP) is 1.45. The zero-order valence-electron chi connectivity index (χ0n) is 12.7. The molecular weight excluding hydrogens is 238 g/mol. The third kappa shape index (κ3) is 3.48. The summed E-state index contributed by atoms with van der Waals surface area (Å²) in [5.74, 6) is 0.819. The molecule has 2 rings (SSSR count). The summed E-state index contributed by atoms with van der Waals surface area (Å²) in [7, 11) is 4.20. The molecule has 2 atom stereocenters. The van der Waals surface area contributed by atoms with E-state index >= 15 is 0 Å². The van der Waals surface area contributed by atoms with Crippen LogP contribution in [-0.4, -0.2) is 54.5 Å². The standard InChI is InChI=1S/C15H29N3O/c1-12-10-18(11-13(12)17(2)3)14(19)9-15(16)7-5-4-6-8-15/h12-13H,4-11,16H2,1-3H3. The topological polar surface area (TPSA) is 49.6 Å². The highest BCUT2D eigenvalue weighted by Crippen LogP contribution is 2.30. The van der Waals surface area contributed by atoms with Crippen molar-refractivity contribution in [3.63, 3.8) is 0 Å². The Morgan fingerprint density at radius 2 is 1.89 bits per heavy atom. The van der Waals surface area contributed by atoms with Gasteiger partial charge in [0.25, 0.3) is 0 Å². The van der Waals surface area contributed by atoms with E-state index in [4.69, 9.17) is 5.73 Å². The van der Waals surface area contributed by atoms with E-state index in [0.717, 1.165) is 25.9 Å². The third-order valence-electron chi connectivity index (χ3n) is 4.94. The van der Waals surface area contributed by atoms with Gasteiger partial charge in [0, 0.05) is 31.1 Å². The Hall–Kier alpha value is -0.610. The molecule has 2 N–H and O–H groups in total. The maximum atomic E-state index is 12.5. The Bertz CT molecular complexity index is 323. The third-order valence-corrected chi connectivity index (χ3v) is 4.94. The summed E-state index contributed by atoms with van der Waals surface area (Å²) in [6.45, 7) is 3.98. The Kier molecular flexibility index (Phi) is 4.51. The molecule has 1 amide bonds. The number of nitrogens with zero attached hydrogens (tertiary/aromatic N) is 2. The van der Waals surface area contributed by atoms with Gasteiger partial charge in [0.15, 0.2) is 0 Å². The van der Waals surface area contributed by atoms with Gasteiger partial charge < -0.3 is 15.5 Å². The van der Waals surface area contributed by atoms with E-state index in [-0.39, 0.29) is 11.4 Å². The first-order chi connectivity index (χ1) is 8.91. The zero-order chi connectivity index (χ0) is 14.0. The predicted molar refractivity (Wildman–Crippen MR) is 77.8 cm³/mol. The molecule has 1 aliphatic heterocycles. The van der Waals surface area contributed by atoms with Crippen molar-refractivity contribution in [1.29, 1.82) is 0 Å². The van der Waals surface area contributed by atoms with Crippen LogP contribution in [0.5, 0.6) is 0 Å². The molecule has 2 unspecified atom stereocenters. The average Bonchev–Trinajstić information content (AvgIpc) is 2.72. The number of carbonyl (C=O) groups excluding carboxylic acids is 1. The van der Waals surface area contributed by atoms with Crippen LogP contribution in [0.3, 0.4) is 0 Å². The number of likely N-dealkylation sites (N-methyl/N-ethyl adjacent to an activating group) is 1. The number of hydrogen-bond acceptors (Lipinski definition) is 3. The second-order valence-corrected chi connectivity index (χ2v) is 6.91. The lowest BCUT2D eigenvalue weighted by Gasteiger charge is -2.34. The van der Waals surface area contributed by atoms with Crippen LogP contribution < -0.4 is 5.73 Å². The van der Waals surface area contributed by atoms with E-state index in [9.17, 15) is 4.79 Å². The first-order valence-electron chi connectivity index (χ1n) is 7.64. The fraction of sp³-hybridized carbons (Fsp3) is 0.933. The number of amides is 1. The highest BCUT2D eigenvalue weighted by molar-refractivity contribution is 5.78. The molecule has 1 saturated carbocycles. The van der Waals surface area contributed by atoms with Gasteiger partial charge in [0.1, 0.15) is 0 Å². The monoisotopic (exact) mass is 267 g/mol. The maximum Gasteiger partial charge on any atom is 0.224 e. The van der Waals surface area contributed by atoms with Crippen molar-refractivity contribution in [3.05, 3.63) is 0 Å². The first-order valence-corrected chi connectivity index (χ1v) is 7.64. The van der Waals surface area contributed by atoms with Crippen LogP contribution in [0.2, 0.25) is 0 Å². The van der Waals surface area contributed by atoms with E-state index < -0.39 is 0 Å². The molecule has 19 heavy (non-hydrogen) atoms. The van der Waals surface area contributed by atoms with Gasteiger partial charge in [0.05, 0.1) is 0 Å². The van der Waals surface area contributed by atoms with Crippen molar-refractivity contribution in [2.45, 2.75) is 57.0 Å². The highest BCUT2D eigenvalue weighted by atomic mass is 16.2. The number of nitrogens with two attached hydrogens (primary N) is 1. The summed E-state index contributed by atoms with van der Waals surface area (Å²) < 4.78 is 0. The molecule has 110 valence electrons. The highest BCUT2D eigenvalue weighted by Gasteiger charge is 2.37. The molecule has 0 aromatic rings. The molecule has 0 aromatic heterocycles. The van der Waals surface area contributed by atoms with Crippen LogP contribution >= 0.6 is 0 Å². The minimum Gasteiger partial charge on any atom is -0.341 e.